The topological polar surface area (TPSA) is 193 Å². The van der Waals surface area contributed by atoms with Gasteiger partial charge in [-0.15, -0.1) is 0 Å². The van der Waals surface area contributed by atoms with Gasteiger partial charge in [-0.3, -0.25) is 29.0 Å². The molecule has 5 N–H and O–H groups in total. The number of H-pyrrole nitrogens is 1. The second-order valence-corrected chi connectivity index (χ2v) is 10.1. The van der Waals surface area contributed by atoms with E-state index in [1.807, 2.05) is 6.07 Å². The Hall–Kier alpha value is -3.58. The molecule has 0 aliphatic carbocycles. The lowest BCUT2D eigenvalue weighted by atomic mass is 10.3. The molecule has 1 aromatic carbocycles. The van der Waals surface area contributed by atoms with Crippen LogP contribution in [-0.4, -0.2) is 64.1 Å². The summed E-state index contributed by atoms with van der Waals surface area (Å²) in [5.41, 5.74) is 5.59. The Morgan fingerprint density at radius 3 is 2.73 bits per heavy atom. The van der Waals surface area contributed by atoms with Gasteiger partial charge in [-0.25, -0.2) is 10.1 Å². The first kappa shape index (κ1) is 28.0. The minimum Gasteiger partial charge on any atom is -0.465 e. The summed E-state index contributed by atoms with van der Waals surface area (Å²) in [5, 5.41) is 5.54. The number of para-hydroxylation sites is 1. The third-order valence-corrected chi connectivity index (χ3v) is 6.88. The van der Waals surface area contributed by atoms with Gasteiger partial charge in [0.05, 0.1) is 19.5 Å². The highest BCUT2D eigenvalue weighted by atomic mass is 31.2. The maximum Gasteiger partial charge on any atom is 0.320 e. The van der Waals surface area contributed by atoms with Crippen LogP contribution in [0.4, 0.5) is 5.95 Å². The van der Waals surface area contributed by atoms with E-state index in [1.165, 1.54) is 6.33 Å². The zero-order chi connectivity index (χ0) is 26.7. The highest BCUT2D eigenvalue weighted by Gasteiger charge is 2.23. The first-order valence-corrected chi connectivity index (χ1v) is 13.5. The van der Waals surface area contributed by atoms with Crippen molar-refractivity contribution in [3.8, 4) is 5.75 Å². The average molecular weight is 535 g/mol. The second-order valence-electron chi connectivity index (χ2n) is 7.78. The number of esters is 2. The number of hydrogen-bond donors (Lipinski definition) is 4. The van der Waals surface area contributed by atoms with Crippen LogP contribution in [0.2, 0.25) is 0 Å². The Labute approximate surface area is 212 Å². The molecule has 3 aromatic rings. The Bertz CT molecular complexity index is 1300. The van der Waals surface area contributed by atoms with Crippen LogP contribution < -0.4 is 26.2 Å². The molecule has 200 valence electrons. The van der Waals surface area contributed by atoms with Crippen molar-refractivity contribution in [2.24, 2.45) is 0 Å². The largest absolute Gasteiger partial charge is 0.465 e. The van der Waals surface area contributed by atoms with Gasteiger partial charge >= 0.3 is 11.9 Å². The Balaban J connectivity index is 1.50. The minimum atomic E-state index is -3.38. The fraction of sp³-hybridized carbons (Fsp3) is 0.409. The lowest BCUT2D eigenvalue weighted by Crippen LogP contribution is -2.31. The predicted octanol–water partition coefficient (Wildman–Crippen LogP) is 0.997. The number of aromatic nitrogens is 4. The summed E-state index contributed by atoms with van der Waals surface area (Å²) in [5.74, 6) is -0.567. The molecular formula is C22H30N7O7P. The molecule has 0 fully saturated rings. The fourth-order valence-corrected chi connectivity index (χ4v) is 4.79. The van der Waals surface area contributed by atoms with Crippen molar-refractivity contribution in [2.45, 2.75) is 26.3 Å². The molecule has 0 saturated heterocycles. The molecule has 15 heteroatoms. The van der Waals surface area contributed by atoms with E-state index in [0.29, 0.717) is 17.8 Å². The highest BCUT2D eigenvalue weighted by molar-refractivity contribution is 7.59. The number of aromatic amines is 1. The molecular weight excluding hydrogens is 505 g/mol. The summed E-state index contributed by atoms with van der Waals surface area (Å²) in [4.78, 5) is 46.2. The van der Waals surface area contributed by atoms with Gasteiger partial charge in [0.2, 0.25) is 13.4 Å². The lowest BCUT2D eigenvalue weighted by Gasteiger charge is -2.20. The van der Waals surface area contributed by atoms with E-state index < -0.39 is 24.9 Å². The number of carbonyl (C=O) groups excluding carboxylic acids is 2. The summed E-state index contributed by atoms with van der Waals surface area (Å²) >= 11 is 0. The van der Waals surface area contributed by atoms with Gasteiger partial charge in [-0.05, 0) is 25.5 Å². The molecule has 0 saturated carbocycles. The molecule has 2 aromatic heterocycles. The van der Waals surface area contributed by atoms with E-state index in [0.717, 1.165) is 0 Å². The summed E-state index contributed by atoms with van der Waals surface area (Å²) in [7, 11) is -3.38. The predicted molar refractivity (Wildman–Crippen MR) is 135 cm³/mol. The number of nitrogen functional groups attached to an aromatic ring is 1. The molecule has 0 radical (unpaired) electrons. The Morgan fingerprint density at radius 2 is 1.97 bits per heavy atom. The summed E-state index contributed by atoms with van der Waals surface area (Å²) < 4.78 is 30.7. The molecule has 37 heavy (non-hydrogen) atoms. The number of imidazole rings is 1. The van der Waals surface area contributed by atoms with Crippen molar-refractivity contribution in [1.82, 2.24) is 29.7 Å². The summed E-state index contributed by atoms with van der Waals surface area (Å²) in [6.07, 6.45) is 1.63. The Kier molecular flexibility index (Phi) is 10.3. The van der Waals surface area contributed by atoms with Crippen LogP contribution >= 0.6 is 7.44 Å². The van der Waals surface area contributed by atoms with Crippen LogP contribution in [0.1, 0.15) is 19.8 Å². The molecule has 14 nitrogen and oxygen atoms in total. The third-order valence-electron chi connectivity index (χ3n) is 4.93. The number of fused-ring (bicyclic) bond motifs is 1. The number of carbonyl (C=O) groups is 2. The van der Waals surface area contributed by atoms with E-state index in [1.54, 1.807) is 35.8 Å². The molecule has 0 bridgehead atoms. The number of rotatable bonds is 15. The van der Waals surface area contributed by atoms with Gasteiger partial charge in [0.15, 0.2) is 11.2 Å². The number of nitrogens with two attached hydrogens (primary N) is 1. The van der Waals surface area contributed by atoms with Crippen LogP contribution in [-0.2, 0) is 30.2 Å². The average Bonchev–Trinajstić information content (AvgIpc) is 3.27. The molecule has 0 spiro atoms. The normalized spacial score (nSPS) is 12.8. The summed E-state index contributed by atoms with van der Waals surface area (Å²) in [6.45, 7) is 2.15. The van der Waals surface area contributed by atoms with Gasteiger partial charge in [0.1, 0.15) is 18.6 Å². The highest BCUT2D eigenvalue weighted by Crippen LogP contribution is 2.35. The number of nitrogens with zero attached hydrogens (tertiary/aromatic N) is 3. The van der Waals surface area contributed by atoms with Crippen LogP contribution in [0.15, 0.2) is 41.5 Å². The van der Waals surface area contributed by atoms with E-state index in [4.69, 9.17) is 19.9 Å². The van der Waals surface area contributed by atoms with Crippen molar-refractivity contribution >= 4 is 36.5 Å². The zero-order valence-electron chi connectivity index (χ0n) is 20.3. The number of anilines is 1. The van der Waals surface area contributed by atoms with Gasteiger partial charge in [-0.1, -0.05) is 18.2 Å². The first-order valence-electron chi connectivity index (χ1n) is 11.6. The van der Waals surface area contributed by atoms with E-state index in [9.17, 15) is 18.9 Å². The van der Waals surface area contributed by atoms with Gasteiger partial charge in [0.25, 0.3) is 5.56 Å². The molecule has 3 rings (SSSR count). The molecule has 2 heterocycles. The zero-order valence-corrected chi connectivity index (χ0v) is 21.2. The van der Waals surface area contributed by atoms with Gasteiger partial charge < -0.3 is 24.5 Å². The van der Waals surface area contributed by atoms with Crippen molar-refractivity contribution in [1.29, 1.82) is 0 Å². The van der Waals surface area contributed by atoms with Crippen LogP contribution in [0.5, 0.6) is 5.75 Å². The van der Waals surface area contributed by atoms with Crippen molar-refractivity contribution in [3.05, 3.63) is 47.0 Å². The minimum absolute atomic E-state index is 0.0373. The van der Waals surface area contributed by atoms with Crippen molar-refractivity contribution < 1.29 is 28.4 Å². The third kappa shape index (κ3) is 8.79. The molecule has 1 atom stereocenters. The molecule has 1 unspecified atom stereocenters. The van der Waals surface area contributed by atoms with E-state index in [2.05, 4.69) is 25.1 Å². The Morgan fingerprint density at radius 1 is 1.19 bits per heavy atom. The number of benzene rings is 1. The number of hydrogen-bond acceptors (Lipinski definition) is 10. The molecule has 0 aliphatic heterocycles. The number of ether oxygens (including phenoxy) is 3. The molecule has 0 amide bonds. The summed E-state index contributed by atoms with van der Waals surface area (Å²) in [6, 6.07) is 8.69. The molecule has 0 aliphatic rings. The standard InChI is InChI=1S/C22H30N7O7P/c1-2-35-18(31)13-26-37(33,25-10-6-9-17(30)36-16-7-4-3-5-8-16)15-34-12-11-29-14-24-19-20(29)27-22(23)28-21(19)32/h3-5,7-8,14H,2,6,9-13,15H2,1H3,(H2,25,26,33)(H3,23,27,28,32). The van der Waals surface area contributed by atoms with Crippen molar-refractivity contribution in [2.75, 3.05) is 38.4 Å². The van der Waals surface area contributed by atoms with Crippen LogP contribution in [0.25, 0.3) is 11.2 Å². The van der Waals surface area contributed by atoms with E-state index >= 15 is 0 Å². The smallest absolute Gasteiger partial charge is 0.320 e. The van der Waals surface area contributed by atoms with Crippen LogP contribution in [0, 0.1) is 0 Å². The quantitative estimate of drug-likeness (QED) is 0.0935. The van der Waals surface area contributed by atoms with Gasteiger partial charge in [-0.2, -0.15) is 4.98 Å². The monoisotopic (exact) mass is 535 g/mol. The maximum absolute atomic E-state index is 13.4. The SMILES string of the molecule is CCOC(=O)CNP(=O)(COCCn1cnc2c(=O)[nH]c(N)nc21)NCCCC(=O)Oc1ccccc1. The van der Waals surface area contributed by atoms with Gasteiger partial charge in [0, 0.05) is 19.5 Å². The maximum atomic E-state index is 13.4. The fourth-order valence-electron chi connectivity index (χ4n) is 3.21. The lowest BCUT2D eigenvalue weighted by molar-refractivity contribution is -0.141. The number of nitrogens with one attached hydrogen (secondary N) is 3. The second kappa shape index (κ2) is 13.7. The first-order chi connectivity index (χ1) is 17.8. The van der Waals surface area contributed by atoms with E-state index in [-0.39, 0.29) is 57.1 Å². The van der Waals surface area contributed by atoms with Crippen molar-refractivity contribution in [3.63, 3.8) is 0 Å². The van der Waals surface area contributed by atoms with Crippen LogP contribution in [0.3, 0.4) is 0 Å².